The van der Waals surface area contributed by atoms with E-state index in [0.29, 0.717) is 18.9 Å². The Kier molecular flexibility index (Phi) is 4.55. The van der Waals surface area contributed by atoms with E-state index in [9.17, 15) is 4.79 Å². The predicted molar refractivity (Wildman–Crippen MR) is 86.1 cm³/mol. The lowest BCUT2D eigenvalue weighted by molar-refractivity contribution is -0.0496. The predicted octanol–water partition coefficient (Wildman–Crippen LogP) is 3.60. The second-order valence-electron chi connectivity index (χ2n) is 5.36. The molecule has 3 rings (SSSR count). The van der Waals surface area contributed by atoms with Gasteiger partial charge in [-0.25, -0.2) is 0 Å². The normalized spacial score (nSPS) is 21.8. The van der Waals surface area contributed by atoms with Gasteiger partial charge in [-0.05, 0) is 30.9 Å². The summed E-state index contributed by atoms with van der Waals surface area (Å²) in [6.45, 7) is 3.07. The van der Waals surface area contributed by atoms with Gasteiger partial charge in [-0.1, -0.05) is 42.1 Å². The summed E-state index contributed by atoms with van der Waals surface area (Å²) in [6, 6.07) is 13.6. The lowest BCUT2D eigenvalue weighted by Gasteiger charge is -2.37. The van der Waals surface area contributed by atoms with E-state index in [1.165, 1.54) is 11.8 Å². The number of hydrogen-bond donors (Lipinski definition) is 0. The molecule has 1 aliphatic heterocycles. The van der Waals surface area contributed by atoms with Crippen molar-refractivity contribution in [2.24, 2.45) is 0 Å². The monoisotopic (exact) mass is 317 g/mol. The van der Waals surface area contributed by atoms with E-state index in [-0.39, 0.29) is 18.1 Å². The SMILES string of the molecule is CSc1ccc(C(=O)N2CC(c3ccccc3)OCC2C)o1. The lowest BCUT2D eigenvalue weighted by Crippen LogP contribution is -2.48. The Morgan fingerprint density at radius 1 is 1.23 bits per heavy atom. The van der Waals surface area contributed by atoms with Gasteiger partial charge in [0.1, 0.15) is 6.10 Å². The van der Waals surface area contributed by atoms with Crippen molar-refractivity contribution in [2.45, 2.75) is 24.2 Å². The maximum absolute atomic E-state index is 12.7. The van der Waals surface area contributed by atoms with Crippen LogP contribution in [0, 0.1) is 0 Å². The Balaban J connectivity index is 1.78. The molecule has 1 fully saturated rings. The van der Waals surface area contributed by atoms with Crippen LogP contribution in [0.5, 0.6) is 0 Å². The standard InChI is InChI=1S/C17H19NO3S/c1-12-11-20-15(13-6-4-3-5-7-13)10-18(12)17(19)14-8-9-16(21-14)22-2/h3-9,12,15H,10-11H2,1-2H3. The van der Waals surface area contributed by atoms with Crippen LogP contribution in [0.15, 0.2) is 52.0 Å². The maximum atomic E-state index is 12.7. The van der Waals surface area contributed by atoms with Crippen LogP contribution in [0.2, 0.25) is 0 Å². The van der Waals surface area contributed by atoms with Gasteiger partial charge in [-0.3, -0.25) is 4.79 Å². The van der Waals surface area contributed by atoms with E-state index in [2.05, 4.69) is 0 Å². The summed E-state index contributed by atoms with van der Waals surface area (Å²) in [5.41, 5.74) is 1.09. The van der Waals surface area contributed by atoms with Crippen molar-refractivity contribution >= 4 is 17.7 Å². The summed E-state index contributed by atoms with van der Waals surface area (Å²) < 4.78 is 11.5. The van der Waals surface area contributed by atoms with Crippen LogP contribution in [0.4, 0.5) is 0 Å². The van der Waals surface area contributed by atoms with Crippen molar-refractivity contribution in [2.75, 3.05) is 19.4 Å². The summed E-state index contributed by atoms with van der Waals surface area (Å²) in [6.07, 6.45) is 1.84. The van der Waals surface area contributed by atoms with E-state index in [0.717, 1.165) is 10.7 Å². The van der Waals surface area contributed by atoms with Crippen LogP contribution in [0.25, 0.3) is 0 Å². The molecule has 1 aromatic carbocycles. The smallest absolute Gasteiger partial charge is 0.290 e. The zero-order chi connectivity index (χ0) is 15.5. The second kappa shape index (κ2) is 6.58. The minimum atomic E-state index is -0.0867. The lowest BCUT2D eigenvalue weighted by atomic mass is 10.1. The first-order chi connectivity index (χ1) is 10.7. The van der Waals surface area contributed by atoms with Crippen LogP contribution >= 0.6 is 11.8 Å². The molecule has 1 aliphatic rings. The van der Waals surface area contributed by atoms with Gasteiger partial charge in [0.05, 0.1) is 19.2 Å². The number of hydrogen-bond acceptors (Lipinski definition) is 4. The van der Waals surface area contributed by atoms with E-state index in [1.54, 1.807) is 6.07 Å². The van der Waals surface area contributed by atoms with Gasteiger partial charge in [0, 0.05) is 0 Å². The first-order valence-electron chi connectivity index (χ1n) is 7.30. The van der Waals surface area contributed by atoms with Crippen molar-refractivity contribution in [1.29, 1.82) is 0 Å². The van der Waals surface area contributed by atoms with Gasteiger partial charge in [0.15, 0.2) is 10.9 Å². The zero-order valence-electron chi connectivity index (χ0n) is 12.7. The number of morpholine rings is 1. The van der Waals surface area contributed by atoms with Crippen LogP contribution in [0.1, 0.15) is 29.1 Å². The van der Waals surface area contributed by atoms with Crippen LogP contribution < -0.4 is 0 Å². The Morgan fingerprint density at radius 3 is 2.68 bits per heavy atom. The number of carbonyl (C=O) groups excluding carboxylic acids is 1. The van der Waals surface area contributed by atoms with E-state index in [1.807, 2.05) is 54.5 Å². The van der Waals surface area contributed by atoms with Crippen molar-refractivity contribution in [3.8, 4) is 0 Å². The Bertz CT molecular complexity index is 640. The molecule has 1 saturated heterocycles. The molecule has 0 radical (unpaired) electrons. The largest absolute Gasteiger partial charge is 0.445 e. The number of furan rings is 1. The second-order valence-corrected chi connectivity index (χ2v) is 6.17. The Morgan fingerprint density at radius 2 is 2.00 bits per heavy atom. The van der Waals surface area contributed by atoms with Gasteiger partial charge in [0.2, 0.25) is 0 Å². The number of ether oxygens (including phenoxy) is 1. The topological polar surface area (TPSA) is 42.7 Å². The highest BCUT2D eigenvalue weighted by atomic mass is 32.2. The van der Waals surface area contributed by atoms with E-state index >= 15 is 0 Å². The molecular weight excluding hydrogens is 298 g/mol. The molecular formula is C17H19NO3S. The zero-order valence-corrected chi connectivity index (χ0v) is 13.5. The third-order valence-corrected chi connectivity index (χ3v) is 4.48. The van der Waals surface area contributed by atoms with Crippen molar-refractivity contribution in [1.82, 2.24) is 4.90 Å². The molecule has 0 bridgehead atoms. The quantitative estimate of drug-likeness (QED) is 0.811. The van der Waals surface area contributed by atoms with Gasteiger partial charge in [0.25, 0.3) is 5.91 Å². The molecule has 2 unspecified atom stereocenters. The highest BCUT2D eigenvalue weighted by Crippen LogP contribution is 2.27. The highest BCUT2D eigenvalue weighted by molar-refractivity contribution is 7.98. The first kappa shape index (κ1) is 15.2. The summed E-state index contributed by atoms with van der Waals surface area (Å²) in [5.74, 6) is 0.321. The molecule has 116 valence electrons. The molecule has 0 aliphatic carbocycles. The average Bonchev–Trinajstić information content (AvgIpc) is 3.04. The first-order valence-corrected chi connectivity index (χ1v) is 8.53. The minimum absolute atomic E-state index is 0.0373. The molecule has 1 aromatic heterocycles. The molecule has 0 N–H and O–H groups in total. The number of thioether (sulfide) groups is 1. The summed E-state index contributed by atoms with van der Waals surface area (Å²) in [5, 5.41) is 0.754. The van der Waals surface area contributed by atoms with Gasteiger partial charge < -0.3 is 14.1 Å². The Hall–Kier alpha value is -1.72. The van der Waals surface area contributed by atoms with Gasteiger partial charge in [-0.2, -0.15) is 0 Å². The minimum Gasteiger partial charge on any atom is -0.445 e. The molecule has 4 nitrogen and oxygen atoms in total. The van der Waals surface area contributed by atoms with Crippen molar-refractivity contribution < 1.29 is 13.9 Å². The number of benzene rings is 1. The van der Waals surface area contributed by atoms with E-state index in [4.69, 9.17) is 9.15 Å². The third kappa shape index (κ3) is 3.05. The van der Waals surface area contributed by atoms with Gasteiger partial charge in [-0.15, -0.1) is 0 Å². The van der Waals surface area contributed by atoms with Crippen LogP contribution in [-0.2, 0) is 4.74 Å². The molecule has 0 saturated carbocycles. The van der Waals surface area contributed by atoms with E-state index < -0.39 is 0 Å². The van der Waals surface area contributed by atoms with Crippen molar-refractivity contribution in [3.63, 3.8) is 0 Å². The summed E-state index contributed by atoms with van der Waals surface area (Å²) >= 11 is 1.49. The fraction of sp³-hybridized carbons (Fsp3) is 0.353. The third-order valence-electron chi connectivity index (χ3n) is 3.86. The highest BCUT2D eigenvalue weighted by Gasteiger charge is 2.32. The average molecular weight is 317 g/mol. The Labute approximate surface area is 134 Å². The maximum Gasteiger partial charge on any atom is 0.290 e. The molecule has 2 aromatic rings. The fourth-order valence-electron chi connectivity index (χ4n) is 2.60. The molecule has 0 spiro atoms. The molecule has 5 heteroatoms. The fourth-order valence-corrected chi connectivity index (χ4v) is 2.97. The molecule has 2 heterocycles. The van der Waals surface area contributed by atoms with Crippen molar-refractivity contribution in [3.05, 3.63) is 53.8 Å². The number of carbonyl (C=O) groups is 1. The van der Waals surface area contributed by atoms with Crippen LogP contribution in [0.3, 0.4) is 0 Å². The molecule has 2 atom stereocenters. The molecule has 1 amide bonds. The van der Waals surface area contributed by atoms with Crippen LogP contribution in [-0.4, -0.2) is 36.3 Å². The number of nitrogens with zero attached hydrogens (tertiary/aromatic N) is 1. The summed E-state index contributed by atoms with van der Waals surface area (Å²) in [4.78, 5) is 14.5. The number of rotatable bonds is 3. The van der Waals surface area contributed by atoms with Gasteiger partial charge >= 0.3 is 0 Å². The number of amides is 1. The molecule has 22 heavy (non-hydrogen) atoms. The summed E-state index contributed by atoms with van der Waals surface area (Å²) in [7, 11) is 0.